The van der Waals surface area contributed by atoms with Gasteiger partial charge in [-0.3, -0.25) is 9.89 Å². The van der Waals surface area contributed by atoms with Gasteiger partial charge in [-0.25, -0.2) is 0 Å². The number of hydrogen-bond donors (Lipinski definition) is 2. The van der Waals surface area contributed by atoms with Crippen molar-refractivity contribution in [1.29, 1.82) is 0 Å². The van der Waals surface area contributed by atoms with Crippen LogP contribution >= 0.6 is 0 Å². The molecule has 1 saturated carbocycles. The van der Waals surface area contributed by atoms with Crippen molar-refractivity contribution in [3.05, 3.63) is 18.0 Å². The summed E-state index contributed by atoms with van der Waals surface area (Å²) in [4.78, 5) is 13.5. The van der Waals surface area contributed by atoms with E-state index in [2.05, 4.69) is 10.2 Å². The van der Waals surface area contributed by atoms with Crippen LogP contribution in [0, 0.1) is 5.92 Å². The van der Waals surface area contributed by atoms with Gasteiger partial charge in [0.05, 0.1) is 6.20 Å². The second kappa shape index (κ2) is 4.65. The van der Waals surface area contributed by atoms with Gasteiger partial charge in [0.1, 0.15) is 0 Å². The summed E-state index contributed by atoms with van der Waals surface area (Å²) in [6.45, 7) is 0.590. The summed E-state index contributed by atoms with van der Waals surface area (Å²) in [6.07, 6.45) is 6.34. The average Bonchev–Trinajstić information content (AvgIpc) is 2.98. The highest BCUT2D eigenvalue weighted by molar-refractivity contribution is 5.76. The summed E-state index contributed by atoms with van der Waals surface area (Å²) < 4.78 is 0. The Kier molecular flexibility index (Phi) is 3.24. The maximum atomic E-state index is 11.8. The van der Waals surface area contributed by atoms with Crippen molar-refractivity contribution in [1.82, 2.24) is 15.1 Å². The molecule has 1 amide bonds. The maximum Gasteiger partial charge on any atom is 0.224 e. The van der Waals surface area contributed by atoms with Crippen molar-refractivity contribution >= 4 is 5.91 Å². The zero-order chi connectivity index (χ0) is 11.5. The third-order valence-corrected chi connectivity index (χ3v) is 3.04. The summed E-state index contributed by atoms with van der Waals surface area (Å²) >= 11 is 0. The van der Waals surface area contributed by atoms with Crippen LogP contribution in [0.15, 0.2) is 12.4 Å². The summed E-state index contributed by atoms with van der Waals surface area (Å²) in [5.41, 5.74) is 6.94. The topological polar surface area (TPSA) is 75.0 Å². The molecule has 0 bridgehead atoms. The first-order valence-electron chi connectivity index (χ1n) is 5.64. The zero-order valence-electron chi connectivity index (χ0n) is 9.52. The number of hydrogen-bond acceptors (Lipinski definition) is 3. The van der Waals surface area contributed by atoms with Gasteiger partial charge < -0.3 is 10.6 Å². The minimum atomic E-state index is 0.0410. The number of nitrogens with two attached hydrogens (primary N) is 1. The van der Waals surface area contributed by atoms with E-state index >= 15 is 0 Å². The largest absolute Gasteiger partial charge is 0.341 e. The average molecular weight is 222 g/mol. The summed E-state index contributed by atoms with van der Waals surface area (Å²) in [5, 5.41) is 6.58. The number of carbonyl (C=O) groups is 1. The number of amides is 1. The highest BCUT2D eigenvalue weighted by Crippen LogP contribution is 2.32. The standard InChI is InChI=1S/C11H18N4O/c1-15(7-8-5-13-14-6-8)11(16)4-10(12)9-2-3-9/h5-6,9-10H,2-4,7,12H2,1H3,(H,13,14). The van der Waals surface area contributed by atoms with E-state index in [4.69, 9.17) is 5.73 Å². The first-order chi connectivity index (χ1) is 7.66. The predicted molar refractivity (Wildman–Crippen MR) is 60.4 cm³/mol. The monoisotopic (exact) mass is 222 g/mol. The fraction of sp³-hybridized carbons (Fsp3) is 0.636. The van der Waals surface area contributed by atoms with E-state index in [0.29, 0.717) is 18.9 Å². The molecule has 3 N–H and O–H groups in total. The van der Waals surface area contributed by atoms with Crippen LogP contribution in [0.3, 0.4) is 0 Å². The van der Waals surface area contributed by atoms with Gasteiger partial charge in [0.25, 0.3) is 0 Å². The zero-order valence-corrected chi connectivity index (χ0v) is 9.52. The molecule has 5 heteroatoms. The number of rotatable bonds is 5. The Morgan fingerprint density at radius 2 is 2.50 bits per heavy atom. The molecule has 1 heterocycles. The van der Waals surface area contributed by atoms with Crippen LogP contribution in [0.4, 0.5) is 0 Å². The van der Waals surface area contributed by atoms with Gasteiger partial charge in [-0.15, -0.1) is 0 Å². The van der Waals surface area contributed by atoms with Gasteiger partial charge in [-0.1, -0.05) is 0 Å². The smallest absolute Gasteiger partial charge is 0.224 e. The lowest BCUT2D eigenvalue weighted by Crippen LogP contribution is -2.34. The second-order valence-electron chi connectivity index (χ2n) is 4.56. The normalized spacial score (nSPS) is 17.1. The molecular weight excluding hydrogens is 204 g/mol. The first-order valence-corrected chi connectivity index (χ1v) is 5.64. The molecule has 1 unspecified atom stereocenters. The van der Waals surface area contributed by atoms with Crippen LogP contribution in [0.2, 0.25) is 0 Å². The van der Waals surface area contributed by atoms with Gasteiger partial charge in [0.2, 0.25) is 5.91 Å². The van der Waals surface area contributed by atoms with Crippen molar-refractivity contribution in [3.63, 3.8) is 0 Å². The number of nitrogens with one attached hydrogen (secondary N) is 1. The van der Waals surface area contributed by atoms with Gasteiger partial charge in [-0.05, 0) is 18.8 Å². The molecule has 0 spiro atoms. The molecule has 16 heavy (non-hydrogen) atoms. The number of aromatic amines is 1. The highest BCUT2D eigenvalue weighted by Gasteiger charge is 2.30. The molecule has 1 aliphatic carbocycles. The molecule has 0 aromatic carbocycles. The van der Waals surface area contributed by atoms with E-state index in [1.54, 1.807) is 24.3 Å². The molecule has 0 radical (unpaired) electrons. The Morgan fingerprint density at radius 3 is 3.06 bits per heavy atom. The van der Waals surface area contributed by atoms with Gasteiger partial charge in [-0.2, -0.15) is 5.10 Å². The quantitative estimate of drug-likeness (QED) is 0.761. The van der Waals surface area contributed by atoms with Crippen LogP contribution in [0.1, 0.15) is 24.8 Å². The molecule has 0 saturated heterocycles. The Bertz CT molecular complexity index is 345. The van der Waals surface area contributed by atoms with Crippen LogP contribution in [-0.4, -0.2) is 34.1 Å². The lowest BCUT2D eigenvalue weighted by atomic mass is 10.1. The van der Waals surface area contributed by atoms with E-state index < -0.39 is 0 Å². The molecule has 1 aromatic rings. The number of H-pyrrole nitrogens is 1. The predicted octanol–water partition coefficient (Wildman–Crippen LogP) is 0.495. The third-order valence-electron chi connectivity index (χ3n) is 3.04. The van der Waals surface area contributed by atoms with E-state index in [0.717, 1.165) is 5.56 Å². The van der Waals surface area contributed by atoms with Crippen molar-refractivity contribution in [2.24, 2.45) is 11.7 Å². The number of nitrogens with zero attached hydrogens (tertiary/aromatic N) is 2. The Hall–Kier alpha value is -1.36. The van der Waals surface area contributed by atoms with Crippen LogP contribution in [0.5, 0.6) is 0 Å². The summed E-state index contributed by atoms with van der Waals surface area (Å²) in [6, 6.07) is 0.0410. The van der Waals surface area contributed by atoms with Crippen LogP contribution in [0.25, 0.3) is 0 Å². The van der Waals surface area contributed by atoms with Crippen molar-refractivity contribution in [2.75, 3.05) is 7.05 Å². The minimum absolute atomic E-state index is 0.0410. The van der Waals surface area contributed by atoms with Gasteiger partial charge in [0, 0.05) is 37.8 Å². The minimum Gasteiger partial charge on any atom is -0.341 e. The third kappa shape index (κ3) is 2.82. The number of carbonyl (C=O) groups excluding carboxylic acids is 1. The molecule has 1 fully saturated rings. The lowest BCUT2D eigenvalue weighted by Gasteiger charge is -2.18. The molecule has 88 valence electrons. The fourth-order valence-electron chi connectivity index (χ4n) is 1.77. The SMILES string of the molecule is CN(Cc1cn[nH]c1)C(=O)CC(N)C1CC1. The molecule has 1 atom stereocenters. The van der Waals surface area contributed by atoms with Crippen molar-refractivity contribution < 1.29 is 4.79 Å². The maximum absolute atomic E-state index is 11.8. The number of aromatic nitrogens is 2. The molecule has 2 rings (SSSR count). The van der Waals surface area contributed by atoms with E-state index in [1.165, 1.54) is 12.8 Å². The van der Waals surface area contributed by atoms with Crippen LogP contribution in [-0.2, 0) is 11.3 Å². The lowest BCUT2D eigenvalue weighted by molar-refractivity contribution is -0.130. The Balaban J connectivity index is 1.79. The van der Waals surface area contributed by atoms with Crippen LogP contribution < -0.4 is 5.73 Å². The molecular formula is C11H18N4O. The van der Waals surface area contributed by atoms with Crippen molar-refractivity contribution in [3.8, 4) is 0 Å². The first kappa shape index (κ1) is 11.1. The molecule has 5 nitrogen and oxygen atoms in total. The van der Waals surface area contributed by atoms with Gasteiger partial charge in [0.15, 0.2) is 0 Å². The highest BCUT2D eigenvalue weighted by atomic mass is 16.2. The Labute approximate surface area is 95.0 Å². The molecule has 0 aliphatic heterocycles. The van der Waals surface area contributed by atoms with E-state index in [1.807, 2.05) is 0 Å². The second-order valence-corrected chi connectivity index (χ2v) is 4.56. The fourth-order valence-corrected chi connectivity index (χ4v) is 1.77. The summed E-state index contributed by atoms with van der Waals surface area (Å²) in [5.74, 6) is 0.687. The van der Waals surface area contributed by atoms with Gasteiger partial charge >= 0.3 is 0 Å². The van der Waals surface area contributed by atoms with E-state index in [9.17, 15) is 4.79 Å². The van der Waals surface area contributed by atoms with Crippen molar-refractivity contribution in [2.45, 2.75) is 31.8 Å². The molecule has 1 aliphatic rings. The van der Waals surface area contributed by atoms with E-state index in [-0.39, 0.29) is 11.9 Å². The summed E-state index contributed by atoms with van der Waals surface area (Å²) in [7, 11) is 1.80. The molecule has 1 aromatic heterocycles. The Morgan fingerprint density at radius 1 is 1.75 bits per heavy atom.